The topological polar surface area (TPSA) is 55.4 Å². The van der Waals surface area contributed by atoms with E-state index >= 15 is 0 Å². The van der Waals surface area contributed by atoms with Gasteiger partial charge in [-0.25, -0.2) is 0 Å². The molecule has 0 heterocycles. The van der Waals surface area contributed by atoms with Crippen LogP contribution in [0.5, 0.6) is 34.5 Å². The molecule has 6 nitrogen and oxygen atoms in total. The number of hydrogen-bond acceptors (Lipinski definition) is 6. The molecule has 6 aromatic rings. The van der Waals surface area contributed by atoms with Crippen molar-refractivity contribution in [2.75, 3.05) is 0 Å². The van der Waals surface area contributed by atoms with Crippen molar-refractivity contribution in [2.45, 2.75) is 179 Å². The number of aryl methyl sites for hydroxylation is 4. The molecule has 0 fully saturated rings. The second-order valence-corrected chi connectivity index (χ2v) is 22.5. The normalized spacial score (nSPS) is 11.6. The van der Waals surface area contributed by atoms with E-state index < -0.39 is 17.2 Å². The molecule has 0 aliphatic rings. The molecule has 0 bridgehead atoms. The molecule has 70 heavy (non-hydrogen) atoms. The highest BCUT2D eigenvalue weighted by Crippen LogP contribution is 2.54. The molecule has 0 saturated heterocycles. The van der Waals surface area contributed by atoms with Crippen molar-refractivity contribution in [1.82, 2.24) is 0 Å². The Morgan fingerprint density at radius 1 is 0.243 bits per heavy atom. The summed E-state index contributed by atoms with van der Waals surface area (Å²) in [6.45, 7) is 54.2. The molecule has 0 radical (unpaired) electrons. The monoisotopic (exact) mass is 983 g/mol. The Balaban J connectivity index is 1.58. The van der Waals surface area contributed by atoms with Crippen molar-refractivity contribution in [3.05, 3.63) is 169 Å². The smallest absolute Gasteiger partial charge is 0.408 e. The van der Waals surface area contributed by atoms with E-state index in [1.54, 1.807) is 0 Å². The van der Waals surface area contributed by atoms with Crippen molar-refractivity contribution < 1.29 is 27.1 Å². The van der Waals surface area contributed by atoms with Crippen LogP contribution in [0.25, 0.3) is 0 Å². The lowest BCUT2D eigenvalue weighted by Gasteiger charge is -2.31. The minimum absolute atomic E-state index is 0.220. The first-order valence-corrected chi connectivity index (χ1v) is 27.0. The third kappa shape index (κ3) is 10.1. The summed E-state index contributed by atoms with van der Waals surface area (Å²) < 4.78 is 43.0. The maximum Gasteiger partial charge on any atom is 0.530 e. The fourth-order valence-electron chi connectivity index (χ4n) is 9.70. The lowest BCUT2D eigenvalue weighted by Crippen LogP contribution is -2.14. The zero-order chi connectivity index (χ0) is 52.3. The van der Waals surface area contributed by atoms with Crippen molar-refractivity contribution >= 4 is 17.2 Å². The SMILES string of the molecule is Cc1cc(OP(Oc2cc(C)c(C)c(C)c2C)Oc2c(C)c(C)c(C)c(C)c2C(C)c2c(C)c(C)c(C)c(C)c2OP(Oc2cc(C)c(C)c(C)c2C)Oc2cc(C)c(C)c(C)c2C)c(C)c(C)c1C. The first-order valence-electron chi connectivity index (χ1n) is 24.8. The molecule has 0 amide bonds. The molecule has 0 aliphatic carbocycles. The maximum atomic E-state index is 7.40. The molecule has 0 unspecified atom stereocenters. The first kappa shape index (κ1) is 54.3. The summed E-state index contributed by atoms with van der Waals surface area (Å²) in [5.74, 6) is 4.32. The van der Waals surface area contributed by atoms with Gasteiger partial charge in [0.15, 0.2) is 0 Å². The number of benzene rings is 6. The highest BCUT2D eigenvalue weighted by atomic mass is 31.2. The van der Waals surface area contributed by atoms with Gasteiger partial charge in [-0.3, -0.25) is 0 Å². The van der Waals surface area contributed by atoms with E-state index in [0.717, 1.165) is 112 Å². The van der Waals surface area contributed by atoms with Crippen LogP contribution < -0.4 is 27.1 Å². The summed E-state index contributed by atoms with van der Waals surface area (Å²) in [6, 6.07) is 8.48. The Morgan fingerprint density at radius 2 is 0.443 bits per heavy atom. The Morgan fingerprint density at radius 3 is 0.671 bits per heavy atom. The lowest BCUT2D eigenvalue weighted by molar-refractivity contribution is 0.380. The van der Waals surface area contributed by atoms with Gasteiger partial charge in [-0.1, -0.05) is 6.92 Å². The van der Waals surface area contributed by atoms with Crippen molar-refractivity contribution in [3.8, 4) is 34.5 Å². The van der Waals surface area contributed by atoms with Crippen molar-refractivity contribution in [3.63, 3.8) is 0 Å². The second-order valence-electron chi connectivity index (χ2n) is 20.5. The first-order chi connectivity index (χ1) is 32.6. The molecular formula is C62H80O6P2. The van der Waals surface area contributed by atoms with Gasteiger partial charge < -0.3 is 27.1 Å². The molecule has 0 saturated carbocycles. The molecule has 0 aromatic heterocycles. The van der Waals surface area contributed by atoms with Gasteiger partial charge in [-0.15, -0.1) is 0 Å². The van der Waals surface area contributed by atoms with Gasteiger partial charge in [0.2, 0.25) is 0 Å². The van der Waals surface area contributed by atoms with Crippen LogP contribution in [0.2, 0.25) is 0 Å². The molecule has 8 heteroatoms. The summed E-state index contributed by atoms with van der Waals surface area (Å²) in [5, 5.41) is 0. The number of hydrogen-bond donors (Lipinski definition) is 0. The molecule has 6 rings (SSSR count). The Labute approximate surface area is 424 Å². The average molecular weight is 983 g/mol. The fraction of sp³-hybridized carbons (Fsp3) is 0.419. The summed E-state index contributed by atoms with van der Waals surface area (Å²) in [5.41, 5.74) is 30.0. The standard InChI is InChI=1S/C62H80O6P2/c1-30-26-55(46(17)38(9)34(30)5)63-69(64-56-27-31(2)35(6)39(10)47(56)18)67-61-52(23)44(15)42(13)50(21)59(61)54(25)60-51(22)43(14)45(16)53(24)62(60)68-70(65-57-28-32(3)36(7)40(11)48(57)19)66-58-29-33(4)37(8)41(12)49(58)20/h26-29,54H,1-25H3. The Hall–Kier alpha value is -5.02. The van der Waals surface area contributed by atoms with E-state index in [1.165, 1.54) is 66.8 Å². The highest BCUT2D eigenvalue weighted by Gasteiger charge is 2.34. The predicted molar refractivity (Wildman–Crippen MR) is 297 cm³/mol. The van der Waals surface area contributed by atoms with Crippen LogP contribution in [-0.4, -0.2) is 0 Å². The minimum Gasteiger partial charge on any atom is -0.408 e. The summed E-state index contributed by atoms with van der Waals surface area (Å²) in [6.07, 6.45) is 0. The average Bonchev–Trinajstić information content (AvgIpc) is 3.32. The summed E-state index contributed by atoms with van der Waals surface area (Å²) >= 11 is 0. The quantitative estimate of drug-likeness (QED) is 0.101. The Kier molecular flexibility index (Phi) is 16.3. The van der Waals surface area contributed by atoms with Gasteiger partial charge in [0, 0.05) is 17.0 Å². The molecule has 0 N–H and O–H groups in total. The van der Waals surface area contributed by atoms with E-state index in [2.05, 4.69) is 197 Å². The summed E-state index contributed by atoms with van der Waals surface area (Å²) in [7, 11) is -4.09. The third-order valence-electron chi connectivity index (χ3n) is 17.0. The van der Waals surface area contributed by atoms with Crippen LogP contribution in [0.15, 0.2) is 24.3 Å². The predicted octanol–water partition coefficient (Wildman–Crippen LogP) is 18.8. The van der Waals surface area contributed by atoms with Gasteiger partial charge in [-0.05, 0) is 324 Å². The van der Waals surface area contributed by atoms with Crippen LogP contribution >= 0.6 is 17.2 Å². The van der Waals surface area contributed by atoms with Crippen LogP contribution in [0.3, 0.4) is 0 Å². The van der Waals surface area contributed by atoms with E-state index in [9.17, 15) is 0 Å². The lowest BCUT2D eigenvalue weighted by atomic mass is 9.80. The molecule has 0 spiro atoms. The van der Waals surface area contributed by atoms with Gasteiger partial charge in [0.25, 0.3) is 0 Å². The van der Waals surface area contributed by atoms with Crippen molar-refractivity contribution in [1.29, 1.82) is 0 Å². The van der Waals surface area contributed by atoms with Crippen LogP contribution in [0.4, 0.5) is 0 Å². The molecule has 0 aliphatic heterocycles. The van der Waals surface area contributed by atoms with E-state index in [-0.39, 0.29) is 5.92 Å². The van der Waals surface area contributed by atoms with Gasteiger partial charge in [0.05, 0.1) is 0 Å². The van der Waals surface area contributed by atoms with Gasteiger partial charge in [-0.2, -0.15) is 0 Å². The molecule has 0 atom stereocenters. The van der Waals surface area contributed by atoms with Crippen LogP contribution in [-0.2, 0) is 0 Å². The van der Waals surface area contributed by atoms with E-state index in [0.29, 0.717) is 0 Å². The zero-order valence-electron chi connectivity index (χ0n) is 47.2. The van der Waals surface area contributed by atoms with Crippen molar-refractivity contribution in [2.24, 2.45) is 0 Å². The fourth-order valence-corrected chi connectivity index (χ4v) is 12.1. The number of rotatable bonds is 14. The van der Waals surface area contributed by atoms with Gasteiger partial charge >= 0.3 is 17.2 Å². The molecule has 374 valence electrons. The third-order valence-corrected chi connectivity index (χ3v) is 19.0. The molecule has 6 aromatic carbocycles. The van der Waals surface area contributed by atoms with Crippen LogP contribution in [0.1, 0.15) is 157 Å². The largest absolute Gasteiger partial charge is 0.530 e. The Bertz CT molecular complexity index is 2730. The highest BCUT2D eigenvalue weighted by molar-refractivity contribution is 7.43. The minimum atomic E-state index is -2.05. The second kappa shape index (κ2) is 21.0. The maximum absolute atomic E-state index is 7.40. The molecular weight excluding hydrogens is 903 g/mol. The summed E-state index contributed by atoms with van der Waals surface area (Å²) in [4.78, 5) is 0. The zero-order valence-corrected chi connectivity index (χ0v) is 49.0. The van der Waals surface area contributed by atoms with Crippen LogP contribution in [0, 0.1) is 166 Å². The van der Waals surface area contributed by atoms with E-state index in [1.807, 2.05) is 0 Å². The van der Waals surface area contributed by atoms with Gasteiger partial charge in [0.1, 0.15) is 34.5 Å². The van der Waals surface area contributed by atoms with E-state index in [4.69, 9.17) is 27.1 Å².